The van der Waals surface area contributed by atoms with E-state index in [1.807, 2.05) is 81.1 Å². The molecule has 4 aromatic rings. The number of halogens is 3. The Morgan fingerprint density at radius 2 is 1.58 bits per heavy atom. The lowest BCUT2D eigenvalue weighted by atomic mass is 9.84. The largest absolute Gasteiger partial charge is 0.491 e. The second-order valence-corrected chi connectivity index (χ2v) is 23.2. The summed E-state index contributed by atoms with van der Waals surface area (Å²) in [6, 6.07) is 14.2. The fraction of sp³-hybridized carbons (Fsp3) is 0.542. The minimum absolute atomic E-state index is 0.00674. The summed E-state index contributed by atoms with van der Waals surface area (Å²) < 4.78 is 75.7. The molecule has 7 atom stereocenters. The number of hydrogen-bond donors (Lipinski definition) is 3. The van der Waals surface area contributed by atoms with E-state index >= 15 is 13.2 Å². The SMILES string of the molecule is CC[C@H](C)[C@H](N)C(=O)O[C@@H]1C[C@@H](C(=O)NCc2ccc(-c3scnc3C)cc2)N(C(=O)[C@@H](NC(=O)COCCOCCOCCOc2cc(F)c([C@@H]3C4=C(C[C@@H](C)N3CC(C)(C)F)c3ccccc3C4)c(F)c2)C(C)(C)C)C1. The van der Waals surface area contributed by atoms with E-state index in [4.69, 9.17) is 29.4 Å². The topological polar surface area (TPSA) is 184 Å². The average Bonchev–Trinajstić information content (AvgIpc) is 4.24. The zero-order valence-electron chi connectivity index (χ0n) is 46.4. The zero-order valence-corrected chi connectivity index (χ0v) is 47.2. The standard InChI is InChI=1S/C59H77F3N6O9S/c1-10-35(2)51(63)57(72)77-42-29-48(55(70)64-30-38-15-17-39(18-16-38)53-37(4)65-34-78-53)67(31-42)56(71)54(58(5,6)7)66-49(69)32-75-22-21-73-19-20-74-23-24-76-41-27-46(60)50(47(61)28-41)52-45-26-40-13-11-12-14-43(40)44(45)25-36(3)68(52)33-59(8,9)62/h11-18,27-28,34-36,42,48,51-52,54H,10,19-26,29-33,63H2,1-9H3,(H,64,70)(H,66,69)/t35-,36+,42+,48-,51-,52-,54+/m0/s1. The Morgan fingerprint density at radius 1 is 0.923 bits per heavy atom. The van der Waals surface area contributed by atoms with Crippen LogP contribution in [-0.2, 0) is 51.1 Å². The van der Waals surface area contributed by atoms with Gasteiger partial charge in [0.25, 0.3) is 0 Å². The van der Waals surface area contributed by atoms with Crippen molar-refractivity contribution in [2.45, 2.75) is 137 Å². The molecule has 4 N–H and O–H groups in total. The van der Waals surface area contributed by atoms with Crippen LogP contribution < -0.4 is 21.1 Å². The van der Waals surface area contributed by atoms with Crippen LogP contribution >= 0.6 is 11.3 Å². The smallest absolute Gasteiger partial charge is 0.323 e. The Morgan fingerprint density at radius 3 is 2.21 bits per heavy atom. The molecule has 3 aromatic carbocycles. The van der Waals surface area contributed by atoms with Crippen LogP contribution in [0.5, 0.6) is 5.75 Å². The molecule has 424 valence electrons. The Hall–Kier alpha value is -5.70. The normalized spacial score (nSPS) is 19.7. The number of carbonyl (C=O) groups excluding carboxylic acids is 4. The van der Waals surface area contributed by atoms with Crippen molar-refractivity contribution in [3.05, 3.63) is 111 Å². The van der Waals surface area contributed by atoms with Crippen molar-refractivity contribution < 1.29 is 56.0 Å². The predicted octanol–water partition coefficient (Wildman–Crippen LogP) is 8.45. The van der Waals surface area contributed by atoms with Gasteiger partial charge in [0.2, 0.25) is 17.7 Å². The van der Waals surface area contributed by atoms with Gasteiger partial charge in [0.05, 0.1) is 61.7 Å². The molecule has 0 bridgehead atoms. The lowest BCUT2D eigenvalue weighted by Crippen LogP contribution is -2.58. The summed E-state index contributed by atoms with van der Waals surface area (Å²) in [5.41, 5.74) is 12.4. The molecule has 1 fully saturated rings. The molecule has 19 heteroatoms. The summed E-state index contributed by atoms with van der Waals surface area (Å²) in [4.78, 5) is 63.4. The van der Waals surface area contributed by atoms with Crippen LogP contribution in [0.3, 0.4) is 0 Å². The molecule has 3 amide bonds. The van der Waals surface area contributed by atoms with Crippen LogP contribution in [0.25, 0.3) is 16.0 Å². The monoisotopic (exact) mass is 1100 g/mol. The zero-order chi connectivity index (χ0) is 56.5. The quantitative estimate of drug-likeness (QED) is 0.0426. The van der Waals surface area contributed by atoms with Gasteiger partial charge in [-0.1, -0.05) is 89.6 Å². The molecule has 0 unspecified atom stereocenters. The number of fused-ring (bicyclic) bond motifs is 2. The van der Waals surface area contributed by atoms with Crippen molar-refractivity contribution in [3.8, 4) is 16.2 Å². The molecular formula is C59H77F3N6O9S. The molecule has 3 heterocycles. The number of likely N-dealkylation sites (tertiary alicyclic amines) is 1. The molecule has 1 saturated heterocycles. The number of esters is 1. The van der Waals surface area contributed by atoms with Crippen molar-refractivity contribution >= 4 is 40.6 Å². The first-order valence-electron chi connectivity index (χ1n) is 27.0. The van der Waals surface area contributed by atoms with E-state index in [1.54, 1.807) is 37.6 Å². The molecule has 1 aromatic heterocycles. The molecule has 78 heavy (non-hydrogen) atoms. The summed E-state index contributed by atoms with van der Waals surface area (Å²) in [7, 11) is 0. The van der Waals surface area contributed by atoms with Crippen molar-refractivity contribution in [2.75, 3.05) is 59.3 Å². The maximum Gasteiger partial charge on any atom is 0.323 e. The summed E-state index contributed by atoms with van der Waals surface area (Å²) in [6.45, 7) is 16.5. The third-order valence-electron chi connectivity index (χ3n) is 14.7. The van der Waals surface area contributed by atoms with Crippen LogP contribution in [0.15, 0.2) is 71.7 Å². The van der Waals surface area contributed by atoms with Crippen molar-refractivity contribution in [2.24, 2.45) is 17.1 Å². The number of carbonyl (C=O) groups is 4. The van der Waals surface area contributed by atoms with Crippen LogP contribution in [0.1, 0.15) is 109 Å². The summed E-state index contributed by atoms with van der Waals surface area (Å²) >= 11 is 1.55. The highest BCUT2D eigenvalue weighted by Crippen LogP contribution is 2.50. The van der Waals surface area contributed by atoms with E-state index in [9.17, 15) is 19.2 Å². The van der Waals surface area contributed by atoms with Gasteiger partial charge in [-0.2, -0.15) is 0 Å². The molecule has 0 saturated carbocycles. The minimum Gasteiger partial charge on any atom is -0.491 e. The molecule has 1 aliphatic carbocycles. The second-order valence-electron chi connectivity index (χ2n) is 22.4. The third-order valence-corrected chi connectivity index (χ3v) is 15.7. The van der Waals surface area contributed by atoms with Crippen molar-refractivity contribution in [1.82, 2.24) is 25.4 Å². The van der Waals surface area contributed by atoms with Gasteiger partial charge in [0.15, 0.2) is 0 Å². The number of aromatic nitrogens is 1. The molecule has 15 nitrogen and oxygen atoms in total. The van der Waals surface area contributed by atoms with E-state index in [0.29, 0.717) is 19.3 Å². The summed E-state index contributed by atoms with van der Waals surface area (Å²) in [6.07, 6.45) is 1.09. The van der Waals surface area contributed by atoms with Crippen molar-refractivity contribution in [1.29, 1.82) is 0 Å². The van der Waals surface area contributed by atoms with Crippen LogP contribution in [0.4, 0.5) is 13.2 Å². The maximum atomic E-state index is 16.1. The Labute approximate surface area is 460 Å². The number of thiazole rings is 1. The number of alkyl halides is 1. The number of nitrogens with zero attached hydrogens (tertiary/aromatic N) is 3. The Bertz CT molecular complexity index is 2740. The van der Waals surface area contributed by atoms with Crippen LogP contribution in [0.2, 0.25) is 0 Å². The number of rotatable bonds is 25. The first kappa shape index (κ1) is 60.0. The molecule has 0 radical (unpaired) electrons. The van der Waals surface area contributed by atoms with Gasteiger partial charge in [-0.05, 0) is 85.3 Å². The van der Waals surface area contributed by atoms with Crippen LogP contribution in [-0.4, -0.2) is 134 Å². The highest BCUT2D eigenvalue weighted by molar-refractivity contribution is 7.13. The first-order chi connectivity index (χ1) is 37.0. The van der Waals surface area contributed by atoms with Gasteiger partial charge in [-0.15, -0.1) is 11.3 Å². The maximum absolute atomic E-state index is 16.1. The van der Waals surface area contributed by atoms with Gasteiger partial charge in [0.1, 0.15) is 60.5 Å². The lowest BCUT2D eigenvalue weighted by Gasteiger charge is -2.44. The highest BCUT2D eigenvalue weighted by Gasteiger charge is 2.47. The van der Waals surface area contributed by atoms with E-state index < -0.39 is 76.7 Å². The number of benzene rings is 3. The van der Waals surface area contributed by atoms with Crippen LogP contribution in [0, 0.1) is 29.9 Å². The number of nitrogens with one attached hydrogen (secondary N) is 2. The fourth-order valence-electron chi connectivity index (χ4n) is 10.4. The lowest BCUT2D eigenvalue weighted by molar-refractivity contribution is -0.152. The first-order valence-corrected chi connectivity index (χ1v) is 27.8. The fourth-order valence-corrected chi connectivity index (χ4v) is 11.2. The second kappa shape index (κ2) is 26.5. The van der Waals surface area contributed by atoms with E-state index in [0.717, 1.165) is 44.0 Å². The van der Waals surface area contributed by atoms with Crippen molar-refractivity contribution in [3.63, 3.8) is 0 Å². The third kappa shape index (κ3) is 15.1. The predicted molar refractivity (Wildman–Crippen MR) is 293 cm³/mol. The Kier molecular flexibility index (Phi) is 20.4. The number of aryl methyl sites for hydroxylation is 1. The molecule has 2 aliphatic heterocycles. The van der Waals surface area contributed by atoms with Gasteiger partial charge < -0.3 is 45.0 Å². The average molecular weight is 1100 g/mol. The number of ether oxygens (including phenoxy) is 5. The molecular weight excluding hydrogens is 1030 g/mol. The molecule has 3 aliphatic rings. The van der Waals surface area contributed by atoms with E-state index in [2.05, 4.69) is 15.6 Å². The Balaban J connectivity index is 0.849. The summed E-state index contributed by atoms with van der Waals surface area (Å²) in [5.74, 6) is -3.78. The van der Waals surface area contributed by atoms with E-state index in [-0.39, 0.29) is 95.6 Å². The van der Waals surface area contributed by atoms with Gasteiger partial charge in [-0.3, -0.25) is 24.1 Å². The minimum atomic E-state index is -1.59. The number of nitrogens with two attached hydrogens (primary N) is 1. The molecule has 0 spiro atoms. The number of amides is 3. The van der Waals surface area contributed by atoms with Gasteiger partial charge in [0, 0.05) is 43.2 Å². The number of hydrogen-bond acceptors (Lipinski definition) is 13. The van der Waals surface area contributed by atoms with E-state index in [1.165, 1.54) is 30.9 Å². The van der Waals surface area contributed by atoms with Gasteiger partial charge >= 0.3 is 5.97 Å². The summed E-state index contributed by atoms with van der Waals surface area (Å²) in [5, 5.41) is 5.76. The highest BCUT2D eigenvalue weighted by atomic mass is 32.1. The molecule has 7 rings (SSSR count). The van der Waals surface area contributed by atoms with Gasteiger partial charge in [-0.25, -0.2) is 18.2 Å².